The van der Waals surface area contributed by atoms with E-state index in [1.807, 2.05) is 26.0 Å². The van der Waals surface area contributed by atoms with Crippen molar-refractivity contribution in [1.29, 1.82) is 0 Å². The number of carbonyl (C=O) groups excluding carboxylic acids is 1. The fourth-order valence-corrected chi connectivity index (χ4v) is 1.91. The lowest BCUT2D eigenvalue weighted by Gasteiger charge is -2.09. The number of hydrogen-bond acceptors (Lipinski definition) is 4. The van der Waals surface area contributed by atoms with Crippen LogP contribution < -0.4 is 4.74 Å². The highest BCUT2D eigenvalue weighted by Crippen LogP contribution is 2.19. The molecule has 0 spiro atoms. The zero-order valence-electron chi connectivity index (χ0n) is 11.2. The number of benzene rings is 1. The number of ether oxygens (including phenoxy) is 1. The van der Waals surface area contributed by atoms with Crippen molar-refractivity contribution >= 4 is 5.78 Å². The van der Waals surface area contributed by atoms with Crippen LogP contribution in [0.25, 0.3) is 0 Å². The minimum atomic E-state index is -0.00764. The Labute approximate surface area is 112 Å². The minimum absolute atomic E-state index is 0.00764. The fourth-order valence-electron chi connectivity index (χ4n) is 1.91. The lowest BCUT2D eigenvalue weighted by molar-refractivity contribution is 0.0985. The van der Waals surface area contributed by atoms with Gasteiger partial charge in [0.05, 0.1) is 18.6 Å². The van der Waals surface area contributed by atoms with Gasteiger partial charge in [-0.1, -0.05) is 12.1 Å². The predicted molar refractivity (Wildman–Crippen MR) is 71.3 cm³/mol. The molecule has 5 heteroatoms. The Bertz CT molecular complexity index is 563. The van der Waals surface area contributed by atoms with Crippen LogP contribution in [0.4, 0.5) is 0 Å². The van der Waals surface area contributed by atoms with E-state index in [9.17, 15) is 4.79 Å². The number of aryl methyl sites for hydroxylation is 1. The van der Waals surface area contributed by atoms with Gasteiger partial charge in [-0.3, -0.25) is 4.79 Å². The quantitative estimate of drug-likeness (QED) is 0.746. The molecule has 19 heavy (non-hydrogen) atoms. The van der Waals surface area contributed by atoms with Crippen molar-refractivity contribution in [3.63, 3.8) is 0 Å². The zero-order valence-corrected chi connectivity index (χ0v) is 11.2. The lowest BCUT2D eigenvalue weighted by atomic mass is 10.1. The minimum Gasteiger partial charge on any atom is -0.493 e. The van der Waals surface area contributed by atoms with Crippen molar-refractivity contribution in [3.8, 4) is 5.75 Å². The van der Waals surface area contributed by atoms with Gasteiger partial charge in [0, 0.05) is 6.54 Å². The topological polar surface area (TPSA) is 57.0 Å². The number of hydrogen-bond donors (Lipinski definition) is 0. The molecule has 0 atom stereocenters. The molecule has 0 aliphatic rings. The number of ketones is 1. The van der Waals surface area contributed by atoms with E-state index in [0.29, 0.717) is 30.3 Å². The average molecular weight is 259 g/mol. The van der Waals surface area contributed by atoms with Gasteiger partial charge in [-0.15, -0.1) is 0 Å². The van der Waals surface area contributed by atoms with Crippen LogP contribution in [0.3, 0.4) is 0 Å². The van der Waals surface area contributed by atoms with Crippen molar-refractivity contribution in [3.05, 3.63) is 42.0 Å². The van der Waals surface area contributed by atoms with Gasteiger partial charge in [-0.25, -0.2) is 9.67 Å². The van der Waals surface area contributed by atoms with Crippen molar-refractivity contribution in [1.82, 2.24) is 14.8 Å². The first kappa shape index (κ1) is 13.3. The number of Topliss-reactive ketones (excluding diaryl/α,β-unsaturated/α-hetero) is 1. The van der Waals surface area contributed by atoms with Gasteiger partial charge >= 0.3 is 0 Å². The first-order valence-electron chi connectivity index (χ1n) is 6.38. The van der Waals surface area contributed by atoms with Crippen molar-refractivity contribution < 1.29 is 9.53 Å². The molecule has 0 N–H and O–H groups in total. The molecule has 0 aliphatic heterocycles. The predicted octanol–water partition coefficient (Wildman–Crippen LogP) is 2.12. The molecule has 2 aromatic rings. The van der Waals surface area contributed by atoms with Crippen LogP contribution in [-0.4, -0.2) is 27.2 Å². The molecule has 0 saturated heterocycles. The Morgan fingerprint density at radius 3 is 2.84 bits per heavy atom. The molecule has 0 aliphatic carbocycles. The van der Waals surface area contributed by atoms with Gasteiger partial charge in [0.2, 0.25) is 0 Å². The molecule has 0 amide bonds. The van der Waals surface area contributed by atoms with E-state index in [0.717, 1.165) is 0 Å². The normalized spacial score (nSPS) is 10.4. The van der Waals surface area contributed by atoms with Crippen molar-refractivity contribution in [2.24, 2.45) is 0 Å². The van der Waals surface area contributed by atoms with Gasteiger partial charge in [-0.2, -0.15) is 5.10 Å². The highest BCUT2D eigenvalue weighted by Gasteiger charge is 2.15. The molecule has 0 saturated carbocycles. The van der Waals surface area contributed by atoms with Gasteiger partial charge < -0.3 is 4.74 Å². The third-order valence-corrected chi connectivity index (χ3v) is 2.80. The van der Waals surface area contributed by atoms with Crippen LogP contribution >= 0.6 is 0 Å². The number of carbonyl (C=O) groups is 1. The maximum Gasteiger partial charge on any atom is 0.174 e. The van der Waals surface area contributed by atoms with E-state index in [2.05, 4.69) is 10.1 Å². The number of para-hydroxylation sites is 1. The Morgan fingerprint density at radius 1 is 1.32 bits per heavy atom. The molecule has 100 valence electrons. The van der Waals surface area contributed by atoms with E-state index in [4.69, 9.17) is 4.74 Å². The molecular weight excluding hydrogens is 242 g/mol. The van der Waals surface area contributed by atoms with Gasteiger partial charge in [0.15, 0.2) is 5.78 Å². The molecule has 1 aromatic heterocycles. The van der Waals surface area contributed by atoms with Crippen LogP contribution in [0.1, 0.15) is 30.0 Å². The van der Waals surface area contributed by atoms with Crippen molar-refractivity contribution in [2.75, 3.05) is 6.61 Å². The average Bonchev–Trinajstić information content (AvgIpc) is 2.87. The van der Waals surface area contributed by atoms with Gasteiger partial charge in [-0.05, 0) is 26.0 Å². The van der Waals surface area contributed by atoms with Crippen molar-refractivity contribution in [2.45, 2.75) is 26.8 Å². The Hall–Kier alpha value is -2.17. The standard InChI is InChI=1S/C14H17N3O2/c1-3-17-14(15-10-16-17)9-12(18)11-7-5-6-8-13(11)19-4-2/h5-8,10H,3-4,9H2,1-2H3. The first-order chi connectivity index (χ1) is 9.26. The van der Waals surface area contributed by atoms with Crippen LogP contribution in [0, 0.1) is 0 Å². The molecule has 0 unspecified atom stereocenters. The summed E-state index contributed by atoms with van der Waals surface area (Å²) < 4.78 is 7.19. The molecule has 2 rings (SSSR count). The second kappa shape index (κ2) is 6.13. The first-order valence-corrected chi connectivity index (χ1v) is 6.38. The lowest BCUT2D eigenvalue weighted by Crippen LogP contribution is -2.12. The highest BCUT2D eigenvalue weighted by atomic mass is 16.5. The second-order valence-electron chi connectivity index (χ2n) is 4.02. The largest absolute Gasteiger partial charge is 0.493 e. The summed E-state index contributed by atoms with van der Waals surface area (Å²) in [4.78, 5) is 16.4. The van der Waals surface area contributed by atoms with Crippen LogP contribution in [0.2, 0.25) is 0 Å². The van der Waals surface area contributed by atoms with Crippen LogP contribution in [-0.2, 0) is 13.0 Å². The smallest absolute Gasteiger partial charge is 0.174 e. The molecule has 5 nitrogen and oxygen atoms in total. The number of aromatic nitrogens is 3. The summed E-state index contributed by atoms with van der Waals surface area (Å²) in [6.07, 6.45) is 1.71. The molecule has 0 bridgehead atoms. The highest BCUT2D eigenvalue weighted by molar-refractivity contribution is 5.99. The summed E-state index contributed by atoms with van der Waals surface area (Å²) in [6.45, 7) is 5.11. The summed E-state index contributed by atoms with van der Waals surface area (Å²) in [6, 6.07) is 7.28. The summed E-state index contributed by atoms with van der Waals surface area (Å²) in [5.41, 5.74) is 0.593. The van der Waals surface area contributed by atoms with E-state index in [1.54, 1.807) is 16.8 Å². The van der Waals surface area contributed by atoms with E-state index in [-0.39, 0.29) is 12.2 Å². The Kier molecular flexibility index (Phi) is 4.28. The Morgan fingerprint density at radius 2 is 2.11 bits per heavy atom. The van der Waals surface area contributed by atoms with Crippen LogP contribution in [0.15, 0.2) is 30.6 Å². The molecular formula is C14H17N3O2. The molecule has 1 heterocycles. The van der Waals surface area contributed by atoms with E-state index >= 15 is 0 Å². The SMILES string of the molecule is CCOc1ccccc1C(=O)Cc1ncnn1CC. The summed E-state index contributed by atoms with van der Waals surface area (Å²) in [5, 5.41) is 4.06. The maximum atomic E-state index is 12.3. The fraction of sp³-hybridized carbons (Fsp3) is 0.357. The van der Waals surface area contributed by atoms with E-state index in [1.165, 1.54) is 6.33 Å². The zero-order chi connectivity index (χ0) is 13.7. The number of rotatable bonds is 6. The van der Waals surface area contributed by atoms with Crippen LogP contribution in [0.5, 0.6) is 5.75 Å². The van der Waals surface area contributed by atoms with E-state index < -0.39 is 0 Å². The van der Waals surface area contributed by atoms with Gasteiger partial charge in [0.1, 0.15) is 17.9 Å². The Balaban J connectivity index is 2.20. The van der Waals surface area contributed by atoms with Gasteiger partial charge in [0.25, 0.3) is 0 Å². The molecule has 0 radical (unpaired) electrons. The summed E-state index contributed by atoms with van der Waals surface area (Å²) >= 11 is 0. The summed E-state index contributed by atoms with van der Waals surface area (Å²) in [7, 11) is 0. The summed E-state index contributed by atoms with van der Waals surface area (Å²) in [5.74, 6) is 1.29. The molecule has 1 aromatic carbocycles. The molecule has 0 fully saturated rings. The number of nitrogens with zero attached hydrogens (tertiary/aromatic N) is 3. The second-order valence-corrected chi connectivity index (χ2v) is 4.02. The third-order valence-electron chi connectivity index (χ3n) is 2.80. The third kappa shape index (κ3) is 2.99. The monoisotopic (exact) mass is 259 g/mol. The maximum absolute atomic E-state index is 12.3.